The molecule has 0 aliphatic rings. The third-order valence-electron chi connectivity index (χ3n) is 6.58. The molecule has 6 nitrogen and oxygen atoms in total. The Morgan fingerprint density at radius 2 is 1.75 bits per heavy atom. The van der Waals surface area contributed by atoms with Gasteiger partial charge in [-0.25, -0.2) is 9.97 Å². The minimum atomic E-state index is -0.108. The normalized spacial score (nSPS) is 11.2. The number of benzene rings is 2. The molecule has 36 heavy (non-hydrogen) atoms. The number of nitrogens with zero attached hydrogens (tertiary/aromatic N) is 5. The van der Waals surface area contributed by atoms with Gasteiger partial charge in [0.1, 0.15) is 5.82 Å². The maximum Gasteiger partial charge on any atom is 0.138 e. The van der Waals surface area contributed by atoms with E-state index >= 15 is 0 Å². The van der Waals surface area contributed by atoms with E-state index in [0.29, 0.717) is 5.02 Å². The van der Waals surface area contributed by atoms with E-state index in [1.54, 1.807) is 18.7 Å². The van der Waals surface area contributed by atoms with Crippen LogP contribution in [0, 0.1) is 0 Å². The molecule has 2 aromatic carbocycles. The van der Waals surface area contributed by atoms with E-state index in [2.05, 4.69) is 46.9 Å². The zero-order chi connectivity index (χ0) is 25.2. The number of halogens is 1. The largest absolute Gasteiger partial charge is 0.392 e. The van der Waals surface area contributed by atoms with E-state index < -0.39 is 0 Å². The van der Waals surface area contributed by atoms with E-state index in [9.17, 15) is 5.11 Å². The Labute approximate surface area is 215 Å². The van der Waals surface area contributed by atoms with E-state index in [-0.39, 0.29) is 6.61 Å². The molecule has 0 bridgehead atoms. The topological polar surface area (TPSA) is 67.1 Å². The number of aliphatic hydroxyl groups excluding tert-OH is 1. The summed E-state index contributed by atoms with van der Waals surface area (Å²) in [6, 6.07) is 18.1. The number of aliphatic hydroxyl groups is 1. The molecule has 0 spiro atoms. The van der Waals surface area contributed by atoms with Gasteiger partial charge in [-0.3, -0.25) is 4.98 Å². The Bertz CT molecular complexity index is 1530. The minimum absolute atomic E-state index is 0.108. The summed E-state index contributed by atoms with van der Waals surface area (Å²) in [4.78, 5) is 16.2. The van der Waals surface area contributed by atoms with Crippen LogP contribution in [-0.4, -0.2) is 37.7 Å². The minimum Gasteiger partial charge on any atom is -0.392 e. The van der Waals surface area contributed by atoms with Crippen molar-refractivity contribution in [3.05, 3.63) is 83.9 Å². The van der Waals surface area contributed by atoms with Crippen LogP contribution in [0.25, 0.3) is 44.5 Å². The monoisotopic (exact) mass is 497 g/mol. The zero-order valence-corrected chi connectivity index (χ0v) is 21.4. The van der Waals surface area contributed by atoms with Crippen LogP contribution in [0.3, 0.4) is 0 Å². The third kappa shape index (κ3) is 4.12. The van der Waals surface area contributed by atoms with Crippen LogP contribution in [0.2, 0.25) is 5.02 Å². The van der Waals surface area contributed by atoms with Gasteiger partial charge < -0.3 is 14.6 Å². The van der Waals surface area contributed by atoms with E-state index in [0.717, 1.165) is 69.0 Å². The Kier molecular flexibility index (Phi) is 6.72. The molecular weight excluding hydrogens is 470 g/mol. The lowest BCUT2D eigenvalue weighted by molar-refractivity contribution is 0.282. The van der Waals surface area contributed by atoms with Crippen molar-refractivity contribution in [2.24, 2.45) is 7.05 Å². The number of hydrogen-bond acceptors (Lipinski definition) is 5. The van der Waals surface area contributed by atoms with Crippen molar-refractivity contribution < 1.29 is 5.11 Å². The summed E-state index contributed by atoms with van der Waals surface area (Å²) in [5.74, 6) is 0.879. The quantitative estimate of drug-likeness (QED) is 0.283. The molecule has 0 unspecified atom stereocenters. The van der Waals surface area contributed by atoms with Crippen molar-refractivity contribution >= 4 is 28.3 Å². The molecule has 3 aromatic heterocycles. The zero-order valence-electron chi connectivity index (χ0n) is 20.6. The summed E-state index contributed by atoms with van der Waals surface area (Å²) < 4.78 is 1.92. The second-order valence-corrected chi connectivity index (χ2v) is 9.01. The summed E-state index contributed by atoms with van der Waals surface area (Å²) in [6.45, 7) is 5.79. The molecule has 182 valence electrons. The van der Waals surface area contributed by atoms with Gasteiger partial charge in [0.25, 0.3) is 0 Å². The van der Waals surface area contributed by atoms with Gasteiger partial charge >= 0.3 is 0 Å². The van der Waals surface area contributed by atoms with Crippen molar-refractivity contribution in [1.29, 1.82) is 0 Å². The lowest BCUT2D eigenvalue weighted by Crippen LogP contribution is -2.24. The average molecular weight is 498 g/mol. The van der Waals surface area contributed by atoms with Crippen molar-refractivity contribution in [2.45, 2.75) is 20.5 Å². The molecule has 0 atom stereocenters. The van der Waals surface area contributed by atoms with Gasteiger partial charge in [0.2, 0.25) is 0 Å². The Morgan fingerprint density at radius 3 is 2.42 bits per heavy atom. The van der Waals surface area contributed by atoms with Gasteiger partial charge in [0.05, 0.1) is 41.1 Å². The smallest absolute Gasteiger partial charge is 0.138 e. The van der Waals surface area contributed by atoms with Gasteiger partial charge in [-0.15, -0.1) is 0 Å². The Morgan fingerprint density at radius 1 is 0.972 bits per heavy atom. The first-order valence-corrected chi connectivity index (χ1v) is 12.4. The fourth-order valence-electron chi connectivity index (χ4n) is 4.72. The summed E-state index contributed by atoms with van der Waals surface area (Å²) >= 11 is 7.19. The van der Waals surface area contributed by atoms with Crippen LogP contribution in [-0.2, 0) is 13.7 Å². The predicted octanol–water partition coefficient (Wildman–Crippen LogP) is 6.36. The second-order valence-electron chi connectivity index (χ2n) is 8.64. The van der Waals surface area contributed by atoms with Crippen molar-refractivity contribution in [3.8, 4) is 33.6 Å². The number of hydrogen-bond donors (Lipinski definition) is 1. The van der Waals surface area contributed by atoms with Gasteiger partial charge in [0.15, 0.2) is 0 Å². The number of aromatic nitrogens is 4. The van der Waals surface area contributed by atoms with Crippen LogP contribution in [0.5, 0.6) is 0 Å². The lowest BCUT2D eigenvalue weighted by atomic mass is 9.95. The highest BCUT2D eigenvalue weighted by Gasteiger charge is 2.21. The lowest BCUT2D eigenvalue weighted by Gasteiger charge is -2.25. The predicted molar refractivity (Wildman–Crippen MR) is 147 cm³/mol. The van der Waals surface area contributed by atoms with Crippen molar-refractivity contribution in [2.75, 3.05) is 18.0 Å². The fourth-order valence-corrected chi connectivity index (χ4v) is 5.06. The molecule has 0 aliphatic heterocycles. The highest BCUT2D eigenvalue weighted by atomic mass is 35.5. The highest BCUT2D eigenvalue weighted by Crippen LogP contribution is 2.42. The first-order valence-electron chi connectivity index (χ1n) is 12.1. The standard InChI is InChI=1S/C29H28ClN5O/c1-4-35(5-2)29-26(19-9-7-6-8-10-19)27(30)22-15-20(11-12-23(22)33-29)25-21(17-36)13-14-32-28(25)24-16-31-18-34(24)3/h6-16,18,36H,4-5,17H2,1-3H3. The molecule has 0 fully saturated rings. The molecular formula is C29H28ClN5O. The number of pyridine rings is 2. The molecule has 0 radical (unpaired) electrons. The van der Waals surface area contributed by atoms with Crippen LogP contribution < -0.4 is 4.90 Å². The molecule has 1 N–H and O–H groups in total. The molecule has 5 rings (SSSR count). The molecule has 7 heteroatoms. The van der Waals surface area contributed by atoms with Gasteiger partial charge in [-0.2, -0.15) is 0 Å². The molecule has 5 aromatic rings. The fraction of sp³-hybridized carbons (Fsp3) is 0.207. The molecule has 0 saturated carbocycles. The van der Waals surface area contributed by atoms with Crippen molar-refractivity contribution in [1.82, 2.24) is 19.5 Å². The SMILES string of the molecule is CCN(CC)c1nc2ccc(-c3c(CO)ccnc3-c3cncn3C)cc2c(Cl)c1-c1ccccc1. The van der Waals surface area contributed by atoms with Gasteiger partial charge in [-0.1, -0.05) is 48.0 Å². The maximum atomic E-state index is 10.2. The number of imidazole rings is 1. The second kappa shape index (κ2) is 10.1. The number of rotatable bonds is 7. The summed E-state index contributed by atoms with van der Waals surface area (Å²) in [5, 5.41) is 11.7. The first-order chi connectivity index (χ1) is 17.6. The van der Waals surface area contributed by atoms with E-state index in [1.165, 1.54) is 0 Å². The van der Waals surface area contributed by atoms with Crippen LogP contribution in [0.15, 0.2) is 73.3 Å². The van der Waals surface area contributed by atoms with E-state index in [1.807, 2.05) is 48.0 Å². The number of anilines is 1. The Hall–Kier alpha value is -3.74. The van der Waals surface area contributed by atoms with E-state index in [4.69, 9.17) is 16.6 Å². The summed E-state index contributed by atoms with van der Waals surface area (Å²) in [7, 11) is 1.93. The molecule has 0 aliphatic carbocycles. The Balaban J connectivity index is 1.79. The number of aryl methyl sites for hydroxylation is 1. The highest BCUT2D eigenvalue weighted by molar-refractivity contribution is 6.39. The third-order valence-corrected chi connectivity index (χ3v) is 6.98. The van der Waals surface area contributed by atoms with Gasteiger partial charge in [-0.05, 0) is 48.7 Å². The molecule has 0 saturated heterocycles. The van der Waals surface area contributed by atoms with Gasteiger partial charge in [0, 0.05) is 42.8 Å². The van der Waals surface area contributed by atoms with Crippen LogP contribution >= 0.6 is 11.6 Å². The first kappa shape index (κ1) is 24.0. The van der Waals surface area contributed by atoms with Crippen molar-refractivity contribution in [3.63, 3.8) is 0 Å². The van der Waals surface area contributed by atoms with Crippen LogP contribution in [0.1, 0.15) is 19.4 Å². The summed E-state index contributed by atoms with van der Waals surface area (Å²) in [6.07, 6.45) is 5.25. The number of fused-ring (bicyclic) bond motifs is 1. The van der Waals surface area contributed by atoms with Crippen LogP contribution in [0.4, 0.5) is 5.82 Å². The molecule has 0 amide bonds. The summed E-state index contributed by atoms with van der Waals surface area (Å²) in [5.41, 5.74) is 6.95. The molecule has 3 heterocycles. The average Bonchev–Trinajstić information content (AvgIpc) is 3.35. The maximum absolute atomic E-state index is 10.2.